The van der Waals surface area contributed by atoms with Crippen LogP contribution in [0.2, 0.25) is 0 Å². The maximum Gasteiger partial charge on any atom is 0.251 e. The molecule has 92 valence electrons. The van der Waals surface area contributed by atoms with Crippen molar-refractivity contribution in [3.63, 3.8) is 0 Å². The average Bonchev–Trinajstić information content (AvgIpc) is 2.26. The topological polar surface area (TPSA) is 49.3 Å². The van der Waals surface area contributed by atoms with Crippen LogP contribution >= 0.6 is 15.9 Å². The smallest absolute Gasteiger partial charge is 0.251 e. The molecule has 0 spiro atoms. The highest BCUT2D eigenvalue weighted by Crippen LogP contribution is 2.26. The van der Waals surface area contributed by atoms with Crippen LogP contribution in [0.4, 0.5) is 0 Å². The molecule has 1 amide bonds. The second-order valence-electron chi connectivity index (χ2n) is 4.66. The standard InChI is InChI=1S/C13H16BrNO2/c1-8-2-3-10(14)6-12(8)13(17)15-7-9-4-11(16)5-9/h2-3,6,9,11,16H,4-5,7H2,1H3,(H,15,17). The number of aliphatic hydroxyl groups excluding tert-OH is 1. The third kappa shape index (κ3) is 3.07. The predicted molar refractivity (Wildman–Crippen MR) is 69.9 cm³/mol. The number of halogens is 1. The normalized spacial score (nSPS) is 23.0. The van der Waals surface area contributed by atoms with Gasteiger partial charge in [-0.2, -0.15) is 0 Å². The highest BCUT2D eigenvalue weighted by molar-refractivity contribution is 9.10. The summed E-state index contributed by atoms with van der Waals surface area (Å²) in [6.07, 6.45) is 1.44. The fourth-order valence-electron chi connectivity index (χ4n) is 2.04. The Bertz CT molecular complexity index is 427. The second-order valence-corrected chi connectivity index (χ2v) is 5.58. The van der Waals surface area contributed by atoms with Crippen molar-refractivity contribution in [1.82, 2.24) is 5.32 Å². The van der Waals surface area contributed by atoms with Crippen molar-refractivity contribution in [1.29, 1.82) is 0 Å². The van der Waals surface area contributed by atoms with Crippen LogP contribution in [0.15, 0.2) is 22.7 Å². The number of rotatable bonds is 3. The molecule has 17 heavy (non-hydrogen) atoms. The van der Waals surface area contributed by atoms with Crippen molar-refractivity contribution in [3.8, 4) is 0 Å². The molecule has 1 aromatic rings. The summed E-state index contributed by atoms with van der Waals surface area (Å²) in [6, 6.07) is 5.68. The van der Waals surface area contributed by atoms with Crippen molar-refractivity contribution < 1.29 is 9.90 Å². The fraction of sp³-hybridized carbons (Fsp3) is 0.462. The molecule has 4 heteroatoms. The molecule has 0 unspecified atom stereocenters. The van der Waals surface area contributed by atoms with E-state index in [9.17, 15) is 4.79 Å². The minimum Gasteiger partial charge on any atom is -0.393 e. The molecule has 1 aromatic carbocycles. The highest BCUT2D eigenvalue weighted by atomic mass is 79.9. The number of nitrogens with one attached hydrogen (secondary N) is 1. The van der Waals surface area contributed by atoms with Crippen LogP contribution in [-0.2, 0) is 0 Å². The van der Waals surface area contributed by atoms with Gasteiger partial charge in [-0.3, -0.25) is 4.79 Å². The summed E-state index contributed by atoms with van der Waals surface area (Å²) in [5, 5.41) is 12.1. The molecular formula is C13H16BrNO2. The number of hydrogen-bond donors (Lipinski definition) is 2. The van der Waals surface area contributed by atoms with E-state index in [2.05, 4.69) is 21.2 Å². The molecule has 1 aliphatic rings. The van der Waals surface area contributed by atoms with Crippen LogP contribution in [-0.4, -0.2) is 23.7 Å². The molecule has 0 aromatic heterocycles. The van der Waals surface area contributed by atoms with Crippen molar-refractivity contribution in [2.24, 2.45) is 5.92 Å². The Hall–Kier alpha value is -0.870. The average molecular weight is 298 g/mol. The highest BCUT2D eigenvalue weighted by Gasteiger charge is 2.27. The Morgan fingerprint density at radius 3 is 2.88 bits per heavy atom. The van der Waals surface area contributed by atoms with E-state index < -0.39 is 0 Å². The molecule has 1 saturated carbocycles. The van der Waals surface area contributed by atoms with Gasteiger partial charge in [-0.15, -0.1) is 0 Å². The summed E-state index contributed by atoms with van der Waals surface area (Å²) in [7, 11) is 0. The number of hydrogen-bond acceptors (Lipinski definition) is 2. The third-order valence-corrected chi connectivity index (χ3v) is 3.70. The van der Waals surface area contributed by atoms with E-state index in [1.54, 1.807) is 0 Å². The van der Waals surface area contributed by atoms with Gasteiger partial charge in [0.2, 0.25) is 0 Å². The van der Waals surface area contributed by atoms with E-state index in [1.807, 2.05) is 25.1 Å². The van der Waals surface area contributed by atoms with Gasteiger partial charge < -0.3 is 10.4 Å². The van der Waals surface area contributed by atoms with E-state index >= 15 is 0 Å². The van der Waals surface area contributed by atoms with Crippen LogP contribution in [0, 0.1) is 12.8 Å². The number of benzene rings is 1. The van der Waals surface area contributed by atoms with Crippen molar-refractivity contribution in [2.45, 2.75) is 25.9 Å². The SMILES string of the molecule is Cc1ccc(Br)cc1C(=O)NCC1CC(O)C1. The van der Waals surface area contributed by atoms with Gasteiger partial charge >= 0.3 is 0 Å². The van der Waals surface area contributed by atoms with Crippen LogP contribution in [0.3, 0.4) is 0 Å². The Labute approximate surface area is 109 Å². The molecule has 0 bridgehead atoms. The number of amides is 1. The number of carbonyl (C=O) groups excluding carboxylic acids is 1. The Kier molecular flexibility index (Phi) is 3.84. The molecule has 3 nitrogen and oxygen atoms in total. The van der Waals surface area contributed by atoms with Crippen molar-refractivity contribution in [3.05, 3.63) is 33.8 Å². The second kappa shape index (κ2) is 5.19. The van der Waals surface area contributed by atoms with Gasteiger partial charge in [-0.25, -0.2) is 0 Å². The molecule has 0 heterocycles. The van der Waals surface area contributed by atoms with Crippen molar-refractivity contribution in [2.75, 3.05) is 6.54 Å². The minimum atomic E-state index is -0.162. The lowest BCUT2D eigenvalue weighted by Crippen LogP contribution is -2.38. The molecule has 0 radical (unpaired) electrons. The molecule has 1 fully saturated rings. The van der Waals surface area contributed by atoms with Gasteiger partial charge in [-0.05, 0) is 43.4 Å². The maximum absolute atomic E-state index is 11.9. The van der Waals surface area contributed by atoms with Gasteiger partial charge in [0.05, 0.1) is 6.10 Å². The first-order valence-corrected chi connectivity index (χ1v) is 6.58. The molecule has 0 saturated heterocycles. The molecule has 0 aliphatic heterocycles. The lowest BCUT2D eigenvalue weighted by molar-refractivity contribution is 0.0420. The zero-order valence-corrected chi connectivity index (χ0v) is 11.3. The van der Waals surface area contributed by atoms with Gasteiger partial charge in [-0.1, -0.05) is 22.0 Å². The lowest BCUT2D eigenvalue weighted by atomic mass is 9.82. The van der Waals surface area contributed by atoms with Gasteiger partial charge in [0.25, 0.3) is 5.91 Å². The Balaban J connectivity index is 1.92. The number of carbonyl (C=O) groups is 1. The van der Waals surface area contributed by atoms with Gasteiger partial charge in [0.15, 0.2) is 0 Å². The fourth-order valence-corrected chi connectivity index (χ4v) is 2.40. The predicted octanol–water partition coefficient (Wildman–Crippen LogP) is 2.26. The summed E-state index contributed by atoms with van der Waals surface area (Å²) in [6.45, 7) is 2.58. The summed E-state index contributed by atoms with van der Waals surface area (Å²) in [5.41, 5.74) is 1.68. The molecule has 0 atom stereocenters. The van der Waals surface area contributed by atoms with Crippen LogP contribution in [0.25, 0.3) is 0 Å². The quantitative estimate of drug-likeness (QED) is 0.899. The maximum atomic E-state index is 11.9. The summed E-state index contributed by atoms with van der Waals surface area (Å²) >= 11 is 3.36. The first-order valence-electron chi connectivity index (χ1n) is 5.78. The summed E-state index contributed by atoms with van der Waals surface area (Å²) in [4.78, 5) is 11.9. The first kappa shape index (κ1) is 12.6. The summed E-state index contributed by atoms with van der Waals surface area (Å²) < 4.78 is 0.910. The van der Waals surface area contributed by atoms with Crippen LogP contribution in [0.1, 0.15) is 28.8 Å². The summed E-state index contributed by atoms with van der Waals surface area (Å²) in [5.74, 6) is 0.395. The lowest BCUT2D eigenvalue weighted by Gasteiger charge is -2.31. The first-order chi connectivity index (χ1) is 8.06. The zero-order valence-electron chi connectivity index (χ0n) is 9.74. The van der Waals surface area contributed by atoms with Crippen LogP contribution < -0.4 is 5.32 Å². The van der Waals surface area contributed by atoms with E-state index in [0.29, 0.717) is 18.0 Å². The molecule has 2 N–H and O–H groups in total. The van der Waals surface area contributed by atoms with Gasteiger partial charge in [0, 0.05) is 16.6 Å². The number of aryl methyl sites for hydroxylation is 1. The zero-order chi connectivity index (χ0) is 12.4. The van der Waals surface area contributed by atoms with E-state index in [1.165, 1.54) is 0 Å². The number of aliphatic hydroxyl groups is 1. The third-order valence-electron chi connectivity index (χ3n) is 3.21. The molecular weight excluding hydrogens is 282 g/mol. The van der Waals surface area contributed by atoms with E-state index in [4.69, 9.17) is 5.11 Å². The largest absolute Gasteiger partial charge is 0.393 e. The van der Waals surface area contributed by atoms with Crippen molar-refractivity contribution >= 4 is 21.8 Å². The minimum absolute atomic E-state index is 0.0369. The monoisotopic (exact) mass is 297 g/mol. The Morgan fingerprint density at radius 1 is 1.53 bits per heavy atom. The van der Waals surface area contributed by atoms with Crippen LogP contribution in [0.5, 0.6) is 0 Å². The Morgan fingerprint density at radius 2 is 2.24 bits per heavy atom. The molecule has 1 aliphatic carbocycles. The van der Waals surface area contributed by atoms with E-state index in [-0.39, 0.29) is 12.0 Å². The molecule has 2 rings (SSSR count). The van der Waals surface area contributed by atoms with E-state index in [0.717, 1.165) is 22.9 Å². The van der Waals surface area contributed by atoms with Gasteiger partial charge in [0.1, 0.15) is 0 Å².